The van der Waals surface area contributed by atoms with Crippen molar-refractivity contribution in [3.05, 3.63) is 53.3 Å². The second kappa shape index (κ2) is 5.84. The number of aromatic nitrogens is 2. The van der Waals surface area contributed by atoms with Crippen LogP contribution in [-0.4, -0.2) is 15.7 Å². The molecular weight excluding hydrogens is 286 g/mol. The van der Waals surface area contributed by atoms with Crippen LogP contribution in [0.4, 0.5) is 0 Å². The first-order chi connectivity index (χ1) is 10.9. The number of hydrogen-bond donors (Lipinski definition) is 1. The highest BCUT2D eigenvalue weighted by atomic mass is 16.2. The molecule has 4 nitrogen and oxygen atoms in total. The average molecular weight is 311 g/mol. The van der Waals surface area contributed by atoms with E-state index in [-0.39, 0.29) is 17.5 Å². The van der Waals surface area contributed by atoms with Crippen molar-refractivity contribution in [2.45, 2.75) is 58.0 Å². The lowest BCUT2D eigenvalue weighted by molar-refractivity contribution is 0.0933. The van der Waals surface area contributed by atoms with Gasteiger partial charge in [0.2, 0.25) is 0 Å². The number of nitrogens with zero attached hydrogens (tertiary/aromatic N) is 2. The second-order valence-corrected chi connectivity index (χ2v) is 7.42. The van der Waals surface area contributed by atoms with Gasteiger partial charge in [0, 0.05) is 11.6 Å². The largest absolute Gasteiger partial charge is 0.344 e. The molecule has 4 heteroatoms. The van der Waals surface area contributed by atoms with Crippen molar-refractivity contribution in [2.24, 2.45) is 0 Å². The van der Waals surface area contributed by atoms with Gasteiger partial charge in [-0.1, -0.05) is 30.3 Å². The van der Waals surface area contributed by atoms with Crippen LogP contribution in [0.25, 0.3) is 0 Å². The lowest BCUT2D eigenvalue weighted by Crippen LogP contribution is -2.28. The van der Waals surface area contributed by atoms with E-state index < -0.39 is 0 Å². The molecule has 0 aliphatic heterocycles. The Kier molecular flexibility index (Phi) is 4.00. The minimum Gasteiger partial charge on any atom is -0.344 e. The molecule has 0 radical (unpaired) electrons. The molecule has 1 aromatic heterocycles. The summed E-state index contributed by atoms with van der Waals surface area (Å²) in [6.45, 7) is 8.37. The Bertz CT molecular complexity index is 693. The number of benzene rings is 1. The third-order valence-electron chi connectivity index (χ3n) is 4.25. The van der Waals surface area contributed by atoms with Crippen LogP contribution in [0.2, 0.25) is 0 Å². The molecule has 1 aliphatic rings. The van der Waals surface area contributed by atoms with Crippen LogP contribution < -0.4 is 5.32 Å². The van der Waals surface area contributed by atoms with Crippen LogP contribution in [0.3, 0.4) is 0 Å². The molecule has 122 valence electrons. The molecule has 1 N–H and O–H groups in total. The zero-order chi connectivity index (χ0) is 16.6. The van der Waals surface area contributed by atoms with E-state index in [1.165, 1.54) is 18.5 Å². The van der Waals surface area contributed by atoms with Crippen LogP contribution in [0, 0.1) is 0 Å². The maximum atomic E-state index is 12.6. The molecule has 0 bridgehead atoms. The molecule has 0 saturated heterocycles. The zero-order valence-corrected chi connectivity index (χ0v) is 14.3. The molecule has 1 saturated carbocycles. The van der Waals surface area contributed by atoms with E-state index in [0.717, 1.165) is 5.56 Å². The van der Waals surface area contributed by atoms with E-state index >= 15 is 0 Å². The third-order valence-corrected chi connectivity index (χ3v) is 4.25. The molecule has 0 unspecified atom stereocenters. The number of hydrogen-bond acceptors (Lipinski definition) is 2. The van der Waals surface area contributed by atoms with Gasteiger partial charge in [0.25, 0.3) is 5.91 Å². The van der Waals surface area contributed by atoms with E-state index in [0.29, 0.717) is 11.6 Å². The summed E-state index contributed by atoms with van der Waals surface area (Å²) in [7, 11) is 0. The standard InChI is InChI=1S/C19H25N3O/c1-13(14-8-6-5-7-9-14)20-18(23)16-12-17(15-10-11-15)22(21-16)19(2,3)4/h5-9,12-13,15H,10-11H2,1-4H3,(H,20,23)/t13-/m0/s1. The normalized spacial score (nSPS) is 16.2. The second-order valence-electron chi connectivity index (χ2n) is 7.42. The number of nitrogens with one attached hydrogen (secondary N) is 1. The van der Waals surface area contributed by atoms with Crippen molar-refractivity contribution < 1.29 is 4.79 Å². The van der Waals surface area contributed by atoms with E-state index in [4.69, 9.17) is 0 Å². The molecule has 1 amide bonds. The smallest absolute Gasteiger partial charge is 0.272 e. The minimum atomic E-state index is -0.110. The zero-order valence-electron chi connectivity index (χ0n) is 14.3. The van der Waals surface area contributed by atoms with Gasteiger partial charge in [-0.2, -0.15) is 5.10 Å². The SMILES string of the molecule is C[C@H](NC(=O)c1cc(C2CC2)n(C(C)(C)C)n1)c1ccccc1. The maximum Gasteiger partial charge on any atom is 0.272 e. The van der Waals surface area contributed by atoms with Crippen molar-refractivity contribution in [3.63, 3.8) is 0 Å². The monoisotopic (exact) mass is 311 g/mol. The third kappa shape index (κ3) is 3.46. The fourth-order valence-electron chi connectivity index (χ4n) is 2.81. The molecule has 2 aromatic rings. The van der Waals surface area contributed by atoms with Crippen LogP contribution in [0.15, 0.2) is 36.4 Å². The topological polar surface area (TPSA) is 46.9 Å². The van der Waals surface area contributed by atoms with E-state index in [2.05, 4.69) is 31.2 Å². The highest BCUT2D eigenvalue weighted by molar-refractivity contribution is 5.92. The molecule has 23 heavy (non-hydrogen) atoms. The summed E-state index contributed by atoms with van der Waals surface area (Å²) in [4.78, 5) is 12.6. The Morgan fingerprint density at radius 3 is 2.48 bits per heavy atom. The van der Waals surface area contributed by atoms with Crippen LogP contribution in [0.5, 0.6) is 0 Å². The molecule has 1 heterocycles. The first-order valence-electron chi connectivity index (χ1n) is 8.32. The summed E-state index contributed by atoms with van der Waals surface area (Å²) >= 11 is 0. The molecule has 0 spiro atoms. The predicted molar refractivity (Wildman–Crippen MR) is 91.5 cm³/mol. The first-order valence-corrected chi connectivity index (χ1v) is 8.32. The number of carbonyl (C=O) groups excluding carboxylic acids is 1. The maximum absolute atomic E-state index is 12.6. The van der Waals surface area contributed by atoms with E-state index in [1.54, 1.807) is 0 Å². The number of rotatable bonds is 4. The lowest BCUT2D eigenvalue weighted by atomic mass is 10.1. The summed E-state index contributed by atoms with van der Waals surface area (Å²) < 4.78 is 2.02. The van der Waals surface area contributed by atoms with Gasteiger partial charge in [0.05, 0.1) is 11.6 Å². The molecule has 1 aliphatic carbocycles. The molecule has 1 fully saturated rings. The Labute approximate surface area is 137 Å². The van der Waals surface area contributed by atoms with Gasteiger partial charge in [-0.3, -0.25) is 9.48 Å². The van der Waals surface area contributed by atoms with Crippen LogP contribution in [-0.2, 0) is 5.54 Å². The Hall–Kier alpha value is -2.10. The van der Waals surface area contributed by atoms with Gasteiger partial charge >= 0.3 is 0 Å². The molecular formula is C19H25N3O. The Morgan fingerprint density at radius 2 is 1.91 bits per heavy atom. The number of amides is 1. The minimum absolute atomic E-state index is 0.0344. The Morgan fingerprint density at radius 1 is 1.26 bits per heavy atom. The fourth-order valence-corrected chi connectivity index (χ4v) is 2.81. The quantitative estimate of drug-likeness (QED) is 0.927. The van der Waals surface area contributed by atoms with Gasteiger partial charge in [-0.05, 0) is 52.2 Å². The summed E-state index contributed by atoms with van der Waals surface area (Å²) in [6.07, 6.45) is 2.40. The Balaban J connectivity index is 1.80. The highest BCUT2D eigenvalue weighted by Crippen LogP contribution is 2.41. The summed E-state index contributed by atoms with van der Waals surface area (Å²) in [5.74, 6) is 0.459. The van der Waals surface area contributed by atoms with Crippen molar-refractivity contribution in [3.8, 4) is 0 Å². The van der Waals surface area contributed by atoms with Gasteiger partial charge in [0.1, 0.15) is 5.69 Å². The fraction of sp³-hybridized carbons (Fsp3) is 0.474. The molecule has 3 rings (SSSR count). The van der Waals surface area contributed by atoms with Gasteiger partial charge in [-0.25, -0.2) is 0 Å². The highest BCUT2D eigenvalue weighted by Gasteiger charge is 2.32. The predicted octanol–water partition coefficient (Wildman–Crippen LogP) is 4.01. The van der Waals surface area contributed by atoms with E-state index in [1.807, 2.05) is 48.0 Å². The van der Waals surface area contributed by atoms with Crippen LogP contribution >= 0.6 is 0 Å². The van der Waals surface area contributed by atoms with Crippen molar-refractivity contribution in [1.29, 1.82) is 0 Å². The summed E-state index contributed by atoms with van der Waals surface area (Å²) in [5.41, 5.74) is 2.69. The van der Waals surface area contributed by atoms with Crippen molar-refractivity contribution in [2.75, 3.05) is 0 Å². The molecule has 1 atom stereocenters. The van der Waals surface area contributed by atoms with Gasteiger partial charge in [0.15, 0.2) is 0 Å². The first kappa shape index (κ1) is 15.8. The summed E-state index contributed by atoms with van der Waals surface area (Å²) in [6, 6.07) is 11.9. The average Bonchev–Trinajstić information content (AvgIpc) is 3.24. The molecule has 1 aromatic carbocycles. The van der Waals surface area contributed by atoms with Gasteiger partial charge in [-0.15, -0.1) is 0 Å². The summed E-state index contributed by atoms with van der Waals surface area (Å²) in [5, 5.41) is 7.64. The van der Waals surface area contributed by atoms with Gasteiger partial charge < -0.3 is 5.32 Å². The van der Waals surface area contributed by atoms with Crippen molar-refractivity contribution >= 4 is 5.91 Å². The number of carbonyl (C=O) groups is 1. The van der Waals surface area contributed by atoms with Crippen LogP contribution in [0.1, 0.15) is 74.2 Å². The van der Waals surface area contributed by atoms with Crippen molar-refractivity contribution in [1.82, 2.24) is 15.1 Å². The lowest BCUT2D eigenvalue weighted by Gasteiger charge is -2.22. The van der Waals surface area contributed by atoms with E-state index in [9.17, 15) is 4.79 Å².